The smallest absolute Gasteiger partial charge is 0.263 e. The van der Waals surface area contributed by atoms with E-state index in [1.807, 2.05) is 12.2 Å². The summed E-state index contributed by atoms with van der Waals surface area (Å²) in [5, 5.41) is 16.7. The molecule has 0 radical (unpaired) electrons. The Morgan fingerprint density at radius 3 is 2.92 bits per heavy atom. The van der Waals surface area contributed by atoms with E-state index in [1.54, 1.807) is 4.90 Å². The summed E-state index contributed by atoms with van der Waals surface area (Å²) >= 11 is 0. The zero-order chi connectivity index (χ0) is 17.4. The number of nitrogens with one attached hydrogen (secondary N) is 2. The van der Waals surface area contributed by atoms with Gasteiger partial charge in [-0.15, -0.1) is 0 Å². The van der Waals surface area contributed by atoms with Crippen LogP contribution in [0.4, 0.5) is 0 Å². The molecule has 0 saturated carbocycles. The maximum Gasteiger partial charge on any atom is 0.263 e. The fourth-order valence-electron chi connectivity index (χ4n) is 4.21. The third-order valence-electron chi connectivity index (χ3n) is 5.53. The standard InChI is InChI=1S/C18H24N4O3/c23-16-13-3-1-2-12-4-8-22(15(12)13)18(25)14(16)17(24)20-7-11-21-9-5-19-6-10-21/h1-3,12,15,19,23H,4-11H2,(H,20,24). The lowest BCUT2D eigenvalue weighted by molar-refractivity contribution is -0.131. The van der Waals surface area contributed by atoms with Crippen molar-refractivity contribution in [1.29, 1.82) is 0 Å². The summed E-state index contributed by atoms with van der Waals surface area (Å²) in [4.78, 5) is 29.3. The molecule has 134 valence electrons. The number of aliphatic hydroxyl groups excluding tert-OH is 1. The van der Waals surface area contributed by atoms with Crippen LogP contribution in [0.25, 0.3) is 0 Å². The number of carbonyl (C=O) groups is 2. The highest BCUT2D eigenvalue weighted by atomic mass is 16.3. The number of amides is 2. The molecule has 0 aromatic heterocycles. The van der Waals surface area contributed by atoms with Crippen LogP contribution in [0.2, 0.25) is 0 Å². The van der Waals surface area contributed by atoms with Crippen molar-refractivity contribution in [3.8, 4) is 0 Å². The van der Waals surface area contributed by atoms with E-state index in [9.17, 15) is 14.7 Å². The van der Waals surface area contributed by atoms with Crippen LogP contribution in [-0.4, -0.2) is 78.6 Å². The van der Waals surface area contributed by atoms with E-state index >= 15 is 0 Å². The second-order valence-corrected chi connectivity index (χ2v) is 6.97. The Labute approximate surface area is 147 Å². The minimum atomic E-state index is -0.477. The molecular weight excluding hydrogens is 320 g/mol. The summed E-state index contributed by atoms with van der Waals surface area (Å²) in [5.41, 5.74) is 0.579. The Morgan fingerprint density at radius 2 is 2.12 bits per heavy atom. The highest BCUT2D eigenvalue weighted by molar-refractivity contribution is 6.20. The summed E-state index contributed by atoms with van der Waals surface area (Å²) in [6.07, 6.45) is 6.67. The molecule has 1 aliphatic carbocycles. The first-order valence-electron chi connectivity index (χ1n) is 9.01. The number of hydrogen-bond acceptors (Lipinski definition) is 5. The number of carbonyl (C=O) groups excluding carboxylic acids is 2. The van der Waals surface area contributed by atoms with Gasteiger partial charge in [0.15, 0.2) is 0 Å². The van der Waals surface area contributed by atoms with E-state index in [2.05, 4.69) is 21.6 Å². The molecule has 25 heavy (non-hydrogen) atoms. The van der Waals surface area contributed by atoms with Crippen molar-refractivity contribution in [3.05, 3.63) is 35.1 Å². The lowest BCUT2D eigenvalue weighted by Crippen LogP contribution is -2.49. The lowest BCUT2D eigenvalue weighted by atomic mass is 9.84. The van der Waals surface area contributed by atoms with Gasteiger partial charge in [-0.3, -0.25) is 14.5 Å². The summed E-state index contributed by atoms with van der Waals surface area (Å²) in [6.45, 7) is 5.66. The zero-order valence-corrected chi connectivity index (χ0v) is 14.2. The van der Waals surface area contributed by atoms with Gasteiger partial charge in [-0.1, -0.05) is 18.2 Å². The second kappa shape index (κ2) is 6.65. The number of rotatable bonds is 4. The van der Waals surface area contributed by atoms with Crippen LogP contribution < -0.4 is 10.6 Å². The molecule has 3 N–H and O–H groups in total. The van der Waals surface area contributed by atoms with Crippen molar-refractivity contribution in [3.63, 3.8) is 0 Å². The van der Waals surface area contributed by atoms with Gasteiger partial charge in [0.05, 0.1) is 6.04 Å². The Hall–Kier alpha value is -2.12. The predicted molar refractivity (Wildman–Crippen MR) is 92.8 cm³/mol. The van der Waals surface area contributed by atoms with Gasteiger partial charge in [0, 0.05) is 57.3 Å². The molecule has 3 heterocycles. The quantitative estimate of drug-likeness (QED) is 0.602. The molecular formula is C18H24N4O3. The van der Waals surface area contributed by atoms with E-state index in [4.69, 9.17) is 0 Å². The Balaban J connectivity index is 1.46. The molecule has 0 aromatic rings. The van der Waals surface area contributed by atoms with Gasteiger partial charge in [0.1, 0.15) is 11.3 Å². The van der Waals surface area contributed by atoms with Gasteiger partial charge in [-0.25, -0.2) is 0 Å². The third kappa shape index (κ3) is 2.87. The molecule has 0 bridgehead atoms. The second-order valence-electron chi connectivity index (χ2n) is 6.97. The predicted octanol–water partition coefficient (Wildman–Crippen LogP) is -0.453. The third-order valence-corrected chi connectivity index (χ3v) is 5.53. The molecule has 2 amide bonds. The topological polar surface area (TPSA) is 84.9 Å². The minimum absolute atomic E-state index is 0.112. The molecule has 0 aromatic carbocycles. The van der Waals surface area contributed by atoms with E-state index in [-0.39, 0.29) is 29.2 Å². The van der Waals surface area contributed by atoms with Gasteiger partial charge in [-0.05, 0) is 6.42 Å². The fraction of sp³-hybridized carbons (Fsp3) is 0.556. The van der Waals surface area contributed by atoms with E-state index in [0.717, 1.165) is 39.1 Å². The van der Waals surface area contributed by atoms with Crippen LogP contribution in [0.3, 0.4) is 0 Å². The summed E-state index contributed by atoms with van der Waals surface area (Å²) in [6, 6.07) is -0.116. The maximum absolute atomic E-state index is 12.7. The van der Waals surface area contributed by atoms with Crippen molar-refractivity contribution in [2.45, 2.75) is 12.5 Å². The normalized spacial score (nSPS) is 28.9. The highest BCUT2D eigenvalue weighted by Crippen LogP contribution is 2.40. The van der Waals surface area contributed by atoms with Crippen LogP contribution in [0.1, 0.15) is 6.42 Å². The van der Waals surface area contributed by atoms with Crippen LogP contribution in [0.5, 0.6) is 0 Å². The molecule has 3 aliphatic heterocycles. The number of piperazine rings is 1. The molecule has 2 fully saturated rings. The average Bonchev–Trinajstić information content (AvgIpc) is 3.06. The van der Waals surface area contributed by atoms with Crippen LogP contribution in [0.15, 0.2) is 35.1 Å². The van der Waals surface area contributed by atoms with Crippen LogP contribution in [0, 0.1) is 5.92 Å². The summed E-state index contributed by atoms with van der Waals surface area (Å²) in [7, 11) is 0. The first-order valence-corrected chi connectivity index (χ1v) is 9.01. The van der Waals surface area contributed by atoms with Crippen molar-refractivity contribution >= 4 is 11.8 Å². The maximum atomic E-state index is 12.7. The molecule has 7 heteroatoms. The van der Waals surface area contributed by atoms with Gasteiger partial charge in [0.2, 0.25) is 0 Å². The van der Waals surface area contributed by atoms with Gasteiger partial charge in [0.25, 0.3) is 11.8 Å². The molecule has 4 rings (SSSR count). The number of hydrogen-bond donors (Lipinski definition) is 3. The van der Waals surface area contributed by atoms with Crippen molar-refractivity contribution < 1.29 is 14.7 Å². The molecule has 2 saturated heterocycles. The Morgan fingerprint density at radius 1 is 1.32 bits per heavy atom. The monoisotopic (exact) mass is 344 g/mol. The van der Waals surface area contributed by atoms with E-state index < -0.39 is 5.91 Å². The lowest BCUT2D eigenvalue weighted by Gasteiger charge is -2.35. The van der Waals surface area contributed by atoms with Crippen LogP contribution in [-0.2, 0) is 9.59 Å². The van der Waals surface area contributed by atoms with Crippen LogP contribution >= 0.6 is 0 Å². The largest absolute Gasteiger partial charge is 0.507 e. The molecule has 4 aliphatic rings. The molecule has 0 spiro atoms. The summed E-state index contributed by atoms with van der Waals surface area (Å²) < 4.78 is 0. The van der Waals surface area contributed by atoms with E-state index in [1.165, 1.54) is 0 Å². The number of aliphatic hydroxyl groups is 1. The van der Waals surface area contributed by atoms with Crippen molar-refractivity contribution in [2.24, 2.45) is 5.92 Å². The average molecular weight is 344 g/mol. The van der Waals surface area contributed by atoms with Gasteiger partial charge < -0.3 is 20.6 Å². The Kier molecular flexibility index (Phi) is 4.35. The minimum Gasteiger partial charge on any atom is -0.507 e. The highest BCUT2D eigenvalue weighted by Gasteiger charge is 2.47. The molecule has 2 unspecified atom stereocenters. The first kappa shape index (κ1) is 16.4. The first-order chi connectivity index (χ1) is 12.2. The molecule has 7 nitrogen and oxygen atoms in total. The summed E-state index contributed by atoms with van der Waals surface area (Å²) in [5.74, 6) is -0.738. The van der Waals surface area contributed by atoms with Gasteiger partial charge >= 0.3 is 0 Å². The molecule has 2 atom stereocenters. The fourth-order valence-corrected chi connectivity index (χ4v) is 4.21. The van der Waals surface area contributed by atoms with Gasteiger partial charge in [-0.2, -0.15) is 0 Å². The zero-order valence-electron chi connectivity index (χ0n) is 14.2. The van der Waals surface area contributed by atoms with Crippen molar-refractivity contribution in [2.75, 3.05) is 45.8 Å². The van der Waals surface area contributed by atoms with Crippen molar-refractivity contribution in [1.82, 2.24) is 20.4 Å². The Bertz CT molecular complexity index is 676. The van der Waals surface area contributed by atoms with E-state index in [0.29, 0.717) is 18.7 Å². The SMILES string of the molecule is O=C(NCCN1CCNCC1)C1=C(O)C2=CC=CC3CCN(C1=O)C23. The number of nitrogens with zero attached hydrogens (tertiary/aromatic N) is 2. The number of allylic oxidation sites excluding steroid dienone is 2.